The fourth-order valence-electron chi connectivity index (χ4n) is 2.26. The first-order valence-electron chi connectivity index (χ1n) is 8.15. The van der Waals surface area contributed by atoms with Gasteiger partial charge in [-0.15, -0.1) is 0 Å². The van der Waals surface area contributed by atoms with Gasteiger partial charge in [0, 0.05) is 11.3 Å². The summed E-state index contributed by atoms with van der Waals surface area (Å²) < 4.78 is 23.8. The highest BCUT2D eigenvalue weighted by Crippen LogP contribution is 2.18. The van der Waals surface area contributed by atoms with Gasteiger partial charge in [-0.25, -0.2) is 13.4 Å². The van der Waals surface area contributed by atoms with E-state index in [1.807, 2.05) is 6.92 Å². The Balaban J connectivity index is 1.93. The molecule has 0 aliphatic carbocycles. The molecule has 2 rings (SSSR count). The second kappa shape index (κ2) is 8.72. The summed E-state index contributed by atoms with van der Waals surface area (Å²) in [5, 5.41) is 9.37. The molecule has 1 aromatic heterocycles. The van der Waals surface area contributed by atoms with Crippen LogP contribution in [0.3, 0.4) is 0 Å². The molecule has 9 heteroatoms. The van der Waals surface area contributed by atoms with E-state index in [1.165, 1.54) is 0 Å². The van der Waals surface area contributed by atoms with E-state index in [2.05, 4.69) is 20.5 Å². The summed E-state index contributed by atoms with van der Waals surface area (Å²) in [6.07, 6.45) is 2.36. The predicted molar refractivity (Wildman–Crippen MR) is 96.5 cm³/mol. The van der Waals surface area contributed by atoms with Crippen LogP contribution in [0.1, 0.15) is 32.0 Å². The molecule has 0 aliphatic heterocycles. The van der Waals surface area contributed by atoms with Crippen LogP contribution >= 0.6 is 0 Å². The third kappa shape index (κ3) is 5.95. The van der Waals surface area contributed by atoms with E-state index in [-0.39, 0.29) is 12.3 Å². The highest BCUT2D eigenvalue weighted by molar-refractivity contribution is 7.92. The second-order valence-corrected chi connectivity index (χ2v) is 7.92. The first kappa shape index (κ1) is 19.1. The van der Waals surface area contributed by atoms with Crippen LogP contribution in [0.4, 0.5) is 5.69 Å². The predicted octanol–water partition coefficient (Wildman–Crippen LogP) is 1.47. The van der Waals surface area contributed by atoms with Crippen molar-refractivity contribution in [3.8, 4) is 11.4 Å². The van der Waals surface area contributed by atoms with Crippen molar-refractivity contribution >= 4 is 21.4 Å². The van der Waals surface area contributed by atoms with Crippen LogP contribution in [0.25, 0.3) is 11.4 Å². The zero-order valence-corrected chi connectivity index (χ0v) is 15.0. The standard InChI is InChI=1S/C16H23N5O3S/c1-2-3-4-9-25(23,24)11-15(22)18-13-7-5-12(6-8-13)16-19-14(10-17)20-21-16/h5-8H,2-4,9-11,17H2,1H3,(H,18,22)(H,19,20,21). The number of aromatic amines is 1. The first-order valence-corrected chi connectivity index (χ1v) is 9.97. The Bertz CT molecular complexity index is 799. The zero-order chi connectivity index (χ0) is 18.3. The van der Waals surface area contributed by atoms with E-state index in [1.54, 1.807) is 24.3 Å². The third-order valence-electron chi connectivity index (χ3n) is 3.56. The molecule has 0 saturated carbocycles. The highest BCUT2D eigenvalue weighted by atomic mass is 32.2. The van der Waals surface area contributed by atoms with E-state index in [4.69, 9.17) is 5.73 Å². The number of nitrogens with zero attached hydrogens (tertiary/aromatic N) is 2. The van der Waals surface area contributed by atoms with Crippen LogP contribution in [-0.4, -0.2) is 41.0 Å². The first-order chi connectivity index (χ1) is 11.9. The molecule has 0 radical (unpaired) electrons. The van der Waals surface area contributed by atoms with Gasteiger partial charge >= 0.3 is 0 Å². The van der Waals surface area contributed by atoms with Crippen molar-refractivity contribution < 1.29 is 13.2 Å². The summed E-state index contributed by atoms with van der Waals surface area (Å²) in [5.41, 5.74) is 6.76. The maximum Gasteiger partial charge on any atom is 0.239 e. The van der Waals surface area contributed by atoms with Crippen LogP contribution in [0, 0.1) is 0 Å². The monoisotopic (exact) mass is 365 g/mol. The molecular weight excluding hydrogens is 342 g/mol. The Morgan fingerprint density at radius 3 is 2.56 bits per heavy atom. The maximum absolute atomic E-state index is 11.9. The number of sulfone groups is 1. The molecular formula is C16H23N5O3S. The van der Waals surface area contributed by atoms with E-state index in [0.29, 0.717) is 23.8 Å². The number of H-pyrrole nitrogens is 1. The van der Waals surface area contributed by atoms with Gasteiger partial charge in [-0.2, -0.15) is 5.10 Å². The summed E-state index contributed by atoms with van der Waals surface area (Å²) >= 11 is 0. The average Bonchev–Trinajstić information content (AvgIpc) is 3.04. The normalized spacial score (nSPS) is 11.4. The van der Waals surface area contributed by atoms with Crippen molar-refractivity contribution in [2.45, 2.75) is 32.7 Å². The molecule has 2 aromatic rings. The lowest BCUT2D eigenvalue weighted by atomic mass is 10.2. The number of carbonyl (C=O) groups is 1. The summed E-state index contributed by atoms with van der Waals surface area (Å²) in [7, 11) is -3.37. The Morgan fingerprint density at radius 2 is 1.96 bits per heavy atom. The summed E-state index contributed by atoms with van der Waals surface area (Å²) in [5.74, 6) is 0.103. The molecule has 0 fully saturated rings. The Labute approximate surface area is 147 Å². The SMILES string of the molecule is CCCCCS(=O)(=O)CC(=O)Nc1ccc(-c2n[nH]c(CN)n2)cc1. The van der Waals surface area contributed by atoms with Crippen molar-refractivity contribution in [2.24, 2.45) is 5.73 Å². The van der Waals surface area contributed by atoms with Crippen LogP contribution in [0.2, 0.25) is 0 Å². The number of nitrogens with two attached hydrogens (primary N) is 1. The van der Waals surface area contributed by atoms with Crippen LogP contribution < -0.4 is 11.1 Å². The minimum Gasteiger partial charge on any atom is -0.325 e. The molecule has 1 aromatic carbocycles. The van der Waals surface area contributed by atoms with Crippen molar-refractivity contribution in [3.63, 3.8) is 0 Å². The van der Waals surface area contributed by atoms with Crippen LogP contribution in [-0.2, 0) is 21.2 Å². The average molecular weight is 365 g/mol. The molecule has 0 atom stereocenters. The number of amides is 1. The van der Waals surface area contributed by atoms with Gasteiger partial charge in [0.1, 0.15) is 11.6 Å². The fraction of sp³-hybridized carbons (Fsp3) is 0.438. The van der Waals surface area contributed by atoms with Gasteiger partial charge in [0.05, 0.1) is 12.3 Å². The molecule has 0 unspecified atom stereocenters. The lowest BCUT2D eigenvalue weighted by molar-refractivity contribution is -0.113. The Morgan fingerprint density at radius 1 is 1.24 bits per heavy atom. The summed E-state index contributed by atoms with van der Waals surface area (Å²) in [6.45, 7) is 2.27. The van der Waals surface area contributed by atoms with Gasteiger partial charge in [0.15, 0.2) is 15.7 Å². The van der Waals surface area contributed by atoms with Gasteiger partial charge in [0.2, 0.25) is 5.91 Å². The largest absolute Gasteiger partial charge is 0.325 e. The molecule has 0 bridgehead atoms. The molecule has 25 heavy (non-hydrogen) atoms. The number of hydrogen-bond acceptors (Lipinski definition) is 6. The molecule has 0 saturated heterocycles. The molecule has 1 heterocycles. The van der Waals surface area contributed by atoms with Crippen molar-refractivity contribution in [1.82, 2.24) is 15.2 Å². The zero-order valence-electron chi connectivity index (χ0n) is 14.2. The fourth-order valence-corrected chi connectivity index (χ4v) is 3.52. The Hall–Kier alpha value is -2.26. The van der Waals surface area contributed by atoms with Gasteiger partial charge in [-0.05, 0) is 30.7 Å². The van der Waals surface area contributed by atoms with Crippen molar-refractivity contribution in [3.05, 3.63) is 30.1 Å². The topological polar surface area (TPSA) is 131 Å². The van der Waals surface area contributed by atoms with E-state index in [9.17, 15) is 13.2 Å². The van der Waals surface area contributed by atoms with E-state index < -0.39 is 21.5 Å². The van der Waals surface area contributed by atoms with Gasteiger partial charge in [-0.3, -0.25) is 9.89 Å². The van der Waals surface area contributed by atoms with Gasteiger partial charge < -0.3 is 11.1 Å². The van der Waals surface area contributed by atoms with Crippen LogP contribution in [0.15, 0.2) is 24.3 Å². The summed E-state index contributed by atoms with van der Waals surface area (Å²) in [4.78, 5) is 16.1. The number of hydrogen-bond donors (Lipinski definition) is 3. The number of benzene rings is 1. The number of rotatable bonds is 9. The minimum atomic E-state index is -3.37. The molecule has 4 N–H and O–H groups in total. The smallest absolute Gasteiger partial charge is 0.239 e. The lowest BCUT2D eigenvalue weighted by Crippen LogP contribution is -2.24. The molecule has 8 nitrogen and oxygen atoms in total. The number of carbonyl (C=O) groups excluding carboxylic acids is 1. The van der Waals surface area contributed by atoms with Gasteiger partial charge in [0.25, 0.3) is 0 Å². The van der Waals surface area contributed by atoms with Crippen molar-refractivity contribution in [1.29, 1.82) is 0 Å². The molecule has 1 amide bonds. The number of unbranched alkanes of at least 4 members (excludes halogenated alkanes) is 2. The molecule has 136 valence electrons. The number of aromatic nitrogens is 3. The Kier molecular flexibility index (Phi) is 6.65. The lowest BCUT2D eigenvalue weighted by Gasteiger charge is -2.07. The van der Waals surface area contributed by atoms with E-state index >= 15 is 0 Å². The highest BCUT2D eigenvalue weighted by Gasteiger charge is 2.16. The second-order valence-electron chi connectivity index (χ2n) is 5.73. The molecule has 0 aliphatic rings. The van der Waals surface area contributed by atoms with Crippen molar-refractivity contribution in [2.75, 3.05) is 16.8 Å². The van der Waals surface area contributed by atoms with Gasteiger partial charge in [-0.1, -0.05) is 19.8 Å². The number of nitrogens with one attached hydrogen (secondary N) is 2. The minimum absolute atomic E-state index is 0.0432. The third-order valence-corrected chi connectivity index (χ3v) is 5.17. The number of anilines is 1. The van der Waals surface area contributed by atoms with Crippen LogP contribution in [0.5, 0.6) is 0 Å². The maximum atomic E-state index is 11.9. The molecule has 0 spiro atoms. The van der Waals surface area contributed by atoms with E-state index in [0.717, 1.165) is 18.4 Å². The summed E-state index contributed by atoms with van der Waals surface area (Å²) in [6, 6.07) is 6.84. The quantitative estimate of drug-likeness (QED) is 0.577.